The van der Waals surface area contributed by atoms with Crippen LogP contribution in [-0.4, -0.2) is 116 Å². The first kappa shape index (κ1) is 99.4. The number of benzene rings is 6. The summed E-state index contributed by atoms with van der Waals surface area (Å²) in [6.45, 7) is 0. The highest BCUT2D eigenvalue weighted by Gasteiger charge is 2.35. The molecular formula is C111H96ClF3N14O9S3. The van der Waals surface area contributed by atoms with Crippen LogP contribution in [0.5, 0.6) is 5.75 Å². The second-order valence-electron chi connectivity index (χ2n) is 32.6. The van der Waals surface area contributed by atoms with Crippen molar-refractivity contribution in [3.8, 4) is 5.75 Å². The van der Waals surface area contributed by atoms with Crippen LogP contribution in [0.1, 0.15) is 204 Å². The molecule has 141 heavy (non-hydrogen) atoms. The van der Waals surface area contributed by atoms with E-state index in [4.69, 9.17) is 16.0 Å². The number of carbonyl (C=O) groups excluding carboxylic acids is 7. The van der Waals surface area contributed by atoms with Gasteiger partial charge in [-0.1, -0.05) is 213 Å². The Hall–Kier alpha value is -16.1. The zero-order valence-corrected chi connectivity index (χ0v) is 79.4. The molecule has 4 fully saturated rings. The highest BCUT2D eigenvalue weighted by molar-refractivity contribution is 7.11. The standard InChI is InChI=1S/C19H13F3N2O2.C18H20N2O.C16H11ClN2OS.C16H16N2O.C15H14N2O.C14H10N2O2S.C13H12N2OS/c20-19(21,22)26-17-9-5-4-8-16(17)18(25)24-13-12-15(23-24)11-10-14-6-2-1-3-7-14;21-18(16-9-5-2-6-10-16)20-14-13-17(19-20)12-11-15-7-3-1-4-8-15;17-13-5-3-12(4-6-13)16(20)19-10-9-14(18-19)7-8-15-2-1-11-21-15;19-16(14-7-4-8-14)18-12-11-15(17-18)10-9-13-5-2-1-3-6-13;18-15(13-7-8-13)17-11-10-14(16-17)9-6-12-4-2-1-3-5-12;17-14(13-4-1-9-18-13)16-8-7-11(15-16)5-6-12-3-2-10-19-12;16-13(10-3-4-10)15-8-7-11(14-15)5-6-12-2-1-9-17-12/h1-13H;1,3-4,7-8,11-14,16H,2,5-6,9-10H2;1-11H;1-3,5-6,9-12,14H,4,7-8H2;1-6,9-11,13H,7-8H2;1-10H;1-2,5-10H,3-4H2/b11-10+;12-11+;8-7+;10-9+;9-6+;2*6-5+. The van der Waals surface area contributed by atoms with Gasteiger partial charge in [-0.15, -0.1) is 47.2 Å². The van der Waals surface area contributed by atoms with Gasteiger partial charge in [-0.05, 0) is 260 Å². The Balaban J connectivity index is 0.000000125. The first-order chi connectivity index (χ1) is 68.8. The number of aromatic nitrogens is 14. The topological polar surface area (TPSA) is 267 Å². The van der Waals surface area contributed by atoms with Gasteiger partial charge in [-0.2, -0.15) is 35.7 Å². The minimum Gasteiger partial charge on any atom is -0.459 e. The number of ether oxygens (including phenoxy) is 1. The molecule has 0 aliphatic heterocycles. The minimum atomic E-state index is -4.88. The van der Waals surface area contributed by atoms with Crippen molar-refractivity contribution >= 4 is 172 Å². The zero-order valence-electron chi connectivity index (χ0n) is 76.2. The van der Waals surface area contributed by atoms with Crippen molar-refractivity contribution in [2.24, 2.45) is 23.7 Å². The van der Waals surface area contributed by atoms with E-state index in [1.165, 1.54) is 89.3 Å². The van der Waals surface area contributed by atoms with Crippen LogP contribution in [0.4, 0.5) is 13.2 Å². The van der Waals surface area contributed by atoms with Crippen LogP contribution in [0, 0.1) is 23.7 Å². The largest absolute Gasteiger partial charge is 0.573 e. The van der Waals surface area contributed by atoms with Crippen LogP contribution in [0.15, 0.2) is 331 Å². The van der Waals surface area contributed by atoms with E-state index in [1.54, 1.807) is 132 Å². The number of furan rings is 1. The van der Waals surface area contributed by atoms with E-state index in [-0.39, 0.29) is 70.4 Å². The van der Waals surface area contributed by atoms with Crippen LogP contribution in [0.25, 0.3) is 85.1 Å². The minimum absolute atomic E-state index is 0.120. The second kappa shape index (κ2) is 50.3. The number of rotatable bonds is 22. The maximum atomic E-state index is 12.5. The van der Waals surface area contributed by atoms with E-state index in [9.17, 15) is 46.7 Å². The van der Waals surface area contributed by atoms with Gasteiger partial charge in [0.15, 0.2) is 5.76 Å². The molecule has 0 spiro atoms. The SMILES string of the molecule is O=C(C1CC1)n1ccc(/C=C/c2ccccc2)n1.O=C(C1CC1)n1ccc(/C=C/c2cccs2)n1.O=C(C1CCC1)n1ccc(/C=C/c2ccccc2)n1.O=C(C1CCCCC1)n1ccc(/C=C/c2ccccc2)n1.O=C(c1ccc(Cl)cc1)n1ccc(/C=C/c2cccs2)n1.O=C(c1ccccc1OC(F)(F)F)n1ccc(/C=C/c2ccccc2)n1.O=C(c1ccco1)n1ccc(/C=C/c2cccs2)n1. The van der Waals surface area contributed by atoms with Crippen molar-refractivity contribution in [1.82, 2.24) is 68.5 Å². The van der Waals surface area contributed by atoms with Crippen molar-refractivity contribution in [3.63, 3.8) is 0 Å². The molecular weight excluding hydrogens is 1860 g/mol. The Kier molecular flexibility index (Phi) is 35.5. The van der Waals surface area contributed by atoms with E-state index in [1.807, 2.05) is 277 Å². The summed E-state index contributed by atoms with van der Waals surface area (Å²) in [7, 11) is 0. The molecule has 0 amide bonds. The highest BCUT2D eigenvalue weighted by Crippen LogP contribution is 2.34. The molecule has 4 aliphatic carbocycles. The summed E-state index contributed by atoms with van der Waals surface area (Å²) in [6.07, 6.45) is 48.1. The Morgan fingerprint density at radius 3 is 0.922 bits per heavy atom. The Labute approximate surface area is 828 Å². The van der Waals surface area contributed by atoms with Gasteiger partial charge in [-0.3, -0.25) is 33.6 Å². The summed E-state index contributed by atoms with van der Waals surface area (Å²) in [5.41, 5.74) is 9.91. The summed E-state index contributed by atoms with van der Waals surface area (Å²) < 4.78 is 55.9. The van der Waals surface area contributed by atoms with Gasteiger partial charge in [0.2, 0.25) is 23.6 Å². The first-order valence-electron chi connectivity index (χ1n) is 45.7. The highest BCUT2D eigenvalue weighted by atomic mass is 35.5. The Morgan fingerprint density at radius 2 is 0.610 bits per heavy atom. The number of alkyl halides is 3. The average Bonchev–Trinajstić information content (AvgIpc) is 1.67. The molecule has 6 aromatic carbocycles. The molecule has 0 bridgehead atoms. The van der Waals surface area contributed by atoms with Gasteiger partial charge >= 0.3 is 12.3 Å². The second-order valence-corrected chi connectivity index (χ2v) is 36.0. The molecule has 30 heteroatoms. The summed E-state index contributed by atoms with van der Waals surface area (Å²) in [4.78, 5) is 88.0. The quantitative estimate of drug-likeness (QED) is 0.0610. The molecule has 21 rings (SSSR count). The molecule has 11 heterocycles. The summed E-state index contributed by atoms with van der Waals surface area (Å²) in [5, 5.41) is 36.4. The lowest BCUT2D eigenvalue weighted by Crippen LogP contribution is -2.27. The average molecular weight is 1960 g/mol. The van der Waals surface area contributed by atoms with Gasteiger partial charge < -0.3 is 9.15 Å². The maximum Gasteiger partial charge on any atom is 0.573 e. The third-order valence-corrected chi connectivity index (χ3v) is 24.9. The third kappa shape index (κ3) is 31.0. The molecule has 4 aliphatic rings. The van der Waals surface area contributed by atoms with Crippen LogP contribution in [0.2, 0.25) is 5.02 Å². The van der Waals surface area contributed by atoms with Gasteiger partial charge in [0.1, 0.15) is 5.75 Å². The number of halogens is 4. The molecule has 11 aromatic heterocycles. The molecule has 0 unspecified atom stereocenters. The third-order valence-electron chi connectivity index (χ3n) is 22.1. The molecule has 710 valence electrons. The maximum absolute atomic E-state index is 12.5. The van der Waals surface area contributed by atoms with E-state index in [2.05, 4.69) is 40.4 Å². The predicted molar refractivity (Wildman–Crippen MR) is 551 cm³/mol. The summed E-state index contributed by atoms with van der Waals surface area (Å²) >= 11 is 10.8. The van der Waals surface area contributed by atoms with Crippen LogP contribution in [0.3, 0.4) is 0 Å². The normalized spacial score (nSPS) is 13.6. The van der Waals surface area contributed by atoms with E-state index < -0.39 is 18.0 Å². The molecule has 0 saturated heterocycles. The number of hydrogen-bond acceptors (Lipinski definition) is 19. The van der Waals surface area contributed by atoms with Crippen LogP contribution < -0.4 is 4.74 Å². The van der Waals surface area contributed by atoms with Gasteiger partial charge in [-0.25, -0.2) is 32.8 Å². The van der Waals surface area contributed by atoms with Crippen molar-refractivity contribution in [1.29, 1.82) is 0 Å². The molecule has 0 radical (unpaired) electrons. The summed E-state index contributed by atoms with van der Waals surface area (Å²) in [6, 6.07) is 79.6. The van der Waals surface area contributed by atoms with E-state index in [0.29, 0.717) is 16.3 Å². The first-order valence-corrected chi connectivity index (χ1v) is 48.7. The van der Waals surface area contributed by atoms with Crippen molar-refractivity contribution in [2.45, 2.75) is 83.4 Å². The molecule has 4 saturated carbocycles. The van der Waals surface area contributed by atoms with Crippen LogP contribution in [-0.2, 0) is 0 Å². The molecule has 23 nitrogen and oxygen atoms in total. The Bertz CT molecular complexity index is 7130. The summed E-state index contributed by atoms with van der Waals surface area (Å²) in [5.74, 6) is -0.184. The number of para-hydroxylation sites is 1. The number of nitrogens with zero attached hydrogens (tertiary/aromatic N) is 14. The Morgan fingerprint density at radius 1 is 0.305 bits per heavy atom. The smallest absolute Gasteiger partial charge is 0.459 e. The van der Waals surface area contributed by atoms with E-state index in [0.717, 1.165) is 128 Å². The lowest BCUT2D eigenvalue weighted by atomic mass is 9.85. The van der Waals surface area contributed by atoms with Gasteiger partial charge in [0.25, 0.3) is 11.8 Å². The van der Waals surface area contributed by atoms with Crippen LogP contribution >= 0.6 is 45.6 Å². The predicted octanol–water partition coefficient (Wildman–Crippen LogP) is 26.5. The fraction of sp³-hybridized carbons (Fsp3) is 0.153. The fourth-order valence-corrected chi connectivity index (χ4v) is 16.1. The molecule has 17 aromatic rings. The molecule has 0 N–H and O–H groups in total. The van der Waals surface area contributed by atoms with Crippen molar-refractivity contribution in [2.75, 3.05) is 0 Å². The van der Waals surface area contributed by atoms with Gasteiger partial charge in [0.05, 0.1) is 51.7 Å². The van der Waals surface area contributed by atoms with Crippen molar-refractivity contribution in [3.05, 3.63) is 425 Å². The lowest BCUT2D eigenvalue weighted by Gasteiger charge is -2.22. The zero-order chi connectivity index (χ0) is 97.9. The van der Waals surface area contributed by atoms with Crippen molar-refractivity contribution < 1.29 is 55.9 Å². The number of thiophene rings is 3. The fourth-order valence-electron chi connectivity index (χ4n) is 14.1. The monoisotopic (exact) mass is 1960 g/mol. The molecule has 0 atom stereocenters. The van der Waals surface area contributed by atoms with E-state index >= 15 is 0 Å². The lowest BCUT2D eigenvalue weighted by molar-refractivity contribution is -0.274. The van der Waals surface area contributed by atoms with Gasteiger partial charge in [0, 0.05) is 92.3 Å². The number of hydrogen-bond donors (Lipinski definition) is 0. The number of carbonyl (C=O) groups is 7.